The summed E-state index contributed by atoms with van der Waals surface area (Å²) < 4.78 is 0. The summed E-state index contributed by atoms with van der Waals surface area (Å²) in [5.74, 6) is -0.852. The molecule has 76 valence electrons. The SMILES string of the molecule is CCc1nc2c(s1)CC(C(=O)O)CC2. The van der Waals surface area contributed by atoms with Crippen molar-refractivity contribution < 1.29 is 9.90 Å². The monoisotopic (exact) mass is 211 g/mol. The number of rotatable bonds is 2. The molecule has 1 aromatic heterocycles. The van der Waals surface area contributed by atoms with Gasteiger partial charge in [0.15, 0.2) is 0 Å². The average molecular weight is 211 g/mol. The van der Waals surface area contributed by atoms with E-state index in [1.807, 2.05) is 0 Å². The van der Waals surface area contributed by atoms with Gasteiger partial charge in [0.1, 0.15) is 0 Å². The van der Waals surface area contributed by atoms with Crippen LogP contribution in [0.3, 0.4) is 0 Å². The van der Waals surface area contributed by atoms with Crippen LogP contribution in [0.15, 0.2) is 0 Å². The Morgan fingerprint density at radius 1 is 1.71 bits per heavy atom. The van der Waals surface area contributed by atoms with Crippen LogP contribution in [0.25, 0.3) is 0 Å². The lowest BCUT2D eigenvalue weighted by Gasteiger charge is -2.16. The molecule has 0 aromatic carbocycles. The third-order valence-electron chi connectivity index (χ3n) is 2.64. The van der Waals surface area contributed by atoms with Crippen molar-refractivity contribution in [2.45, 2.75) is 32.6 Å². The lowest BCUT2D eigenvalue weighted by Crippen LogP contribution is -2.21. The van der Waals surface area contributed by atoms with Crippen LogP contribution in [0.1, 0.15) is 28.9 Å². The van der Waals surface area contributed by atoms with Crippen molar-refractivity contribution >= 4 is 17.3 Å². The lowest BCUT2D eigenvalue weighted by molar-refractivity contribution is -0.142. The van der Waals surface area contributed by atoms with E-state index >= 15 is 0 Å². The number of aryl methyl sites for hydroxylation is 2. The first-order valence-electron chi connectivity index (χ1n) is 4.91. The summed E-state index contributed by atoms with van der Waals surface area (Å²) in [6, 6.07) is 0. The molecule has 0 spiro atoms. The molecule has 0 radical (unpaired) electrons. The van der Waals surface area contributed by atoms with Gasteiger partial charge in [0.05, 0.1) is 16.6 Å². The number of aromatic nitrogens is 1. The molecular weight excluding hydrogens is 198 g/mol. The fraction of sp³-hybridized carbons (Fsp3) is 0.600. The first-order valence-corrected chi connectivity index (χ1v) is 5.72. The highest BCUT2D eigenvalue weighted by Crippen LogP contribution is 2.30. The molecule has 1 unspecified atom stereocenters. The van der Waals surface area contributed by atoms with E-state index in [1.54, 1.807) is 11.3 Å². The quantitative estimate of drug-likeness (QED) is 0.812. The lowest BCUT2D eigenvalue weighted by atomic mass is 9.91. The molecule has 1 aliphatic rings. The Labute approximate surface area is 86.8 Å². The number of aliphatic carboxylic acids is 1. The van der Waals surface area contributed by atoms with Gasteiger partial charge >= 0.3 is 5.97 Å². The van der Waals surface area contributed by atoms with Crippen molar-refractivity contribution in [2.75, 3.05) is 0 Å². The number of thiazole rings is 1. The molecule has 0 saturated heterocycles. The number of nitrogens with zero attached hydrogens (tertiary/aromatic N) is 1. The largest absolute Gasteiger partial charge is 0.481 e. The van der Waals surface area contributed by atoms with Crippen LogP contribution in [0.2, 0.25) is 0 Å². The van der Waals surface area contributed by atoms with Gasteiger partial charge in [-0.05, 0) is 25.7 Å². The third kappa shape index (κ3) is 1.66. The molecule has 0 fully saturated rings. The van der Waals surface area contributed by atoms with E-state index in [-0.39, 0.29) is 5.92 Å². The molecule has 1 aliphatic carbocycles. The van der Waals surface area contributed by atoms with Gasteiger partial charge in [-0.1, -0.05) is 6.92 Å². The second-order valence-electron chi connectivity index (χ2n) is 3.61. The van der Waals surface area contributed by atoms with E-state index in [2.05, 4.69) is 11.9 Å². The molecule has 1 heterocycles. The van der Waals surface area contributed by atoms with E-state index in [9.17, 15) is 4.79 Å². The maximum Gasteiger partial charge on any atom is 0.306 e. The molecule has 0 saturated carbocycles. The maximum absolute atomic E-state index is 10.8. The van der Waals surface area contributed by atoms with Crippen LogP contribution in [-0.4, -0.2) is 16.1 Å². The maximum atomic E-state index is 10.8. The summed E-state index contributed by atoms with van der Waals surface area (Å²) >= 11 is 1.68. The highest BCUT2D eigenvalue weighted by atomic mass is 32.1. The Balaban J connectivity index is 2.21. The number of hydrogen-bond acceptors (Lipinski definition) is 3. The zero-order valence-corrected chi connectivity index (χ0v) is 8.93. The summed E-state index contributed by atoms with van der Waals surface area (Å²) in [4.78, 5) is 16.5. The fourth-order valence-corrected chi connectivity index (χ4v) is 2.93. The van der Waals surface area contributed by atoms with E-state index in [0.29, 0.717) is 6.42 Å². The summed E-state index contributed by atoms with van der Waals surface area (Å²) in [5.41, 5.74) is 1.14. The molecule has 1 N–H and O–H groups in total. The predicted molar refractivity (Wildman–Crippen MR) is 54.6 cm³/mol. The molecular formula is C10H13NO2S. The Bertz CT molecular complexity index is 359. The molecule has 1 atom stereocenters. The van der Waals surface area contributed by atoms with Crippen molar-refractivity contribution in [3.63, 3.8) is 0 Å². The predicted octanol–water partition coefficient (Wildman–Crippen LogP) is 1.90. The van der Waals surface area contributed by atoms with Gasteiger partial charge in [0, 0.05) is 4.88 Å². The molecule has 0 amide bonds. The minimum Gasteiger partial charge on any atom is -0.481 e. The molecule has 4 heteroatoms. The topological polar surface area (TPSA) is 50.2 Å². The van der Waals surface area contributed by atoms with Gasteiger partial charge < -0.3 is 5.11 Å². The molecule has 1 aromatic rings. The van der Waals surface area contributed by atoms with Crippen LogP contribution in [-0.2, 0) is 24.1 Å². The minimum absolute atomic E-state index is 0.187. The van der Waals surface area contributed by atoms with Gasteiger partial charge in [-0.2, -0.15) is 0 Å². The number of carboxylic acids is 1. The number of fused-ring (bicyclic) bond motifs is 1. The highest BCUT2D eigenvalue weighted by molar-refractivity contribution is 7.11. The Hall–Kier alpha value is -0.900. The summed E-state index contributed by atoms with van der Waals surface area (Å²) in [6.45, 7) is 2.08. The number of carboxylic acid groups (broad SMARTS) is 1. The van der Waals surface area contributed by atoms with Crippen molar-refractivity contribution in [1.82, 2.24) is 4.98 Å². The van der Waals surface area contributed by atoms with Crippen LogP contribution < -0.4 is 0 Å². The molecule has 14 heavy (non-hydrogen) atoms. The van der Waals surface area contributed by atoms with Crippen molar-refractivity contribution in [3.8, 4) is 0 Å². The Morgan fingerprint density at radius 2 is 2.50 bits per heavy atom. The van der Waals surface area contributed by atoms with E-state index in [0.717, 1.165) is 30.0 Å². The molecule has 2 rings (SSSR count). The van der Waals surface area contributed by atoms with Gasteiger partial charge in [-0.25, -0.2) is 4.98 Å². The molecule has 0 bridgehead atoms. The van der Waals surface area contributed by atoms with Crippen LogP contribution in [0, 0.1) is 5.92 Å². The first-order chi connectivity index (χ1) is 6.70. The van der Waals surface area contributed by atoms with Crippen molar-refractivity contribution in [1.29, 1.82) is 0 Å². The number of hydrogen-bond donors (Lipinski definition) is 1. The first kappa shape index (κ1) is 9.65. The number of carbonyl (C=O) groups is 1. The zero-order chi connectivity index (χ0) is 10.1. The zero-order valence-electron chi connectivity index (χ0n) is 8.12. The summed E-state index contributed by atoms with van der Waals surface area (Å²) in [7, 11) is 0. The average Bonchev–Trinajstić information content (AvgIpc) is 2.58. The van der Waals surface area contributed by atoms with Crippen LogP contribution in [0.5, 0.6) is 0 Å². The second kappa shape index (κ2) is 3.69. The van der Waals surface area contributed by atoms with Crippen LogP contribution in [0.4, 0.5) is 0 Å². The molecule has 3 nitrogen and oxygen atoms in total. The van der Waals surface area contributed by atoms with Crippen molar-refractivity contribution in [2.24, 2.45) is 5.92 Å². The summed E-state index contributed by atoms with van der Waals surface area (Å²) in [5, 5.41) is 10.1. The third-order valence-corrected chi connectivity index (χ3v) is 3.90. The van der Waals surface area contributed by atoms with Gasteiger partial charge in [-0.3, -0.25) is 4.79 Å². The normalized spacial score (nSPS) is 20.5. The second-order valence-corrected chi connectivity index (χ2v) is 4.78. The van der Waals surface area contributed by atoms with Crippen molar-refractivity contribution in [3.05, 3.63) is 15.6 Å². The van der Waals surface area contributed by atoms with E-state index < -0.39 is 5.97 Å². The Kier molecular flexibility index (Phi) is 2.54. The smallest absolute Gasteiger partial charge is 0.306 e. The highest BCUT2D eigenvalue weighted by Gasteiger charge is 2.26. The molecule has 0 aliphatic heterocycles. The van der Waals surface area contributed by atoms with Gasteiger partial charge in [-0.15, -0.1) is 11.3 Å². The van der Waals surface area contributed by atoms with E-state index in [4.69, 9.17) is 5.11 Å². The minimum atomic E-state index is -0.665. The fourth-order valence-electron chi connectivity index (χ4n) is 1.79. The van der Waals surface area contributed by atoms with E-state index in [1.165, 1.54) is 4.88 Å². The Morgan fingerprint density at radius 3 is 3.14 bits per heavy atom. The standard InChI is InChI=1S/C10H13NO2S/c1-2-9-11-7-4-3-6(10(12)13)5-8(7)14-9/h6H,2-5H2,1H3,(H,12,13). The van der Waals surface area contributed by atoms with Gasteiger partial charge in [0.25, 0.3) is 0 Å². The van der Waals surface area contributed by atoms with Crippen LogP contribution >= 0.6 is 11.3 Å². The van der Waals surface area contributed by atoms with Gasteiger partial charge in [0.2, 0.25) is 0 Å². The summed E-state index contributed by atoms with van der Waals surface area (Å²) in [6.07, 6.45) is 3.22.